The van der Waals surface area contributed by atoms with Gasteiger partial charge in [0.25, 0.3) is 0 Å². The van der Waals surface area contributed by atoms with Crippen LogP contribution in [0.1, 0.15) is 56.0 Å². The van der Waals surface area contributed by atoms with E-state index in [4.69, 9.17) is 4.74 Å². The molecule has 0 saturated carbocycles. The number of carbonyl (C=O) groups is 1. The minimum absolute atomic E-state index is 0.150. The molecule has 0 unspecified atom stereocenters. The lowest BCUT2D eigenvalue weighted by Crippen LogP contribution is -2.32. The number of hydrogen-bond acceptors (Lipinski definition) is 4. The fourth-order valence-electron chi connectivity index (χ4n) is 2.33. The molecule has 1 heterocycles. The lowest BCUT2D eigenvalue weighted by atomic mass is 9.91. The number of rotatable bonds is 3. The van der Waals surface area contributed by atoms with Gasteiger partial charge < -0.3 is 14.9 Å². The molecule has 1 aromatic carbocycles. The van der Waals surface area contributed by atoms with Gasteiger partial charge in [0.2, 0.25) is 5.75 Å². The van der Waals surface area contributed by atoms with Crippen molar-refractivity contribution in [3.05, 3.63) is 17.2 Å². The molecular formula is C15H20O4. The van der Waals surface area contributed by atoms with E-state index in [2.05, 4.69) is 0 Å². The summed E-state index contributed by atoms with van der Waals surface area (Å²) in [6, 6.07) is 1.65. The Kier molecular flexibility index (Phi) is 3.43. The largest absolute Gasteiger partial charge is 0.504 e. The number of ether oxygens (including phenoxy) is 1. The Morgan fingerprint density at radius 3 is 2.68 bits per heavy atom. The quantitative estimate of drug-likeness (QED) is 0.650. The van der Waals surface area contributed by atoms with E-state index in [1.54, 1.807) is 6.07 Å². The Labute approximate surface area is 113 Å². The second-order valence-electron chi connectivity index (χ2n) is 5.64. The highest BCUT2D eigenvalue weighted by atomic mass is 16.5. The fourth-order valence-corrected chi connectivity index (χ4v) is 2.33. The molecule has 0 saturated heterocycles. The van der Waals surface area contributed by atoms with Crippen molar-refractivity contribution in [1.82, 2.24) is 0 Å². The molecule has 0 amide bonds. The molecule has 0 atom stereocenters. The van der Waals surface area contributed by atoms with E-state index in [1.807, 2.05) is 20.8 Å². The molecule has 104 valence electrons. The average molecular weight is 264 g/mol. The minimum atomic E-state index is -0.369. The number of fused-ring (bicyclic) bond motifs is 1. The number of aromatic hydroxyl groups is 2. The summed E-state index contributed by atoms with van der Waals surface area (Å²) in [4.78, 5) is 11.9. The summed E-state index contributed by atoms with van der Waals surface area (Å²) in [5.74, 6) is -0.524. The number of carbonyl (C=O) groups excluding carboxylic acids is 1. The van der Waals surface area contributed by atoms with Gasteiger partial charge in [-0.25, -0.2) is 0 Å². The Morgan fingerprint density at radius 1 is 1.37 bits per heavy atom. The van der Waals surface area contributed by atoms with Crippen molar-refractivity contribution in [2.75, 3.05) is 0 Å². The number of ketones is 1. The van der Waals surface area contributed by atoms with Crippen LogP contribution in [0.2, 0.25) is 0 Å². The van der Waals surface area contributed by atoms with Crippen LogP contribution in [0.25, 0.3) is 0 Å². The monoisotopic (exact) mass is 264 g/mol. The van der Waals surface area contributed by atoms with E-state index >= 15 is 0 Å². The average Bonchev–Trinajstić information content (AvgIpc) is 2.34. The SMILES string of the molecule is CCCC(=O)c1cc2c(c(O)c1O)OC(C)(C)CC2. The summed E-state index contributed by atoms with van der Waals surface area (Å²) < 4.78 is 5.70. The van der Waals surface area contributed by atoms with E-state index in [9.17, 15) is 15.0 Å². The third kappa shape index (κ3) is 2.53. The zero-order valence-corrected chi connectivity index (χ0v) is 11.6. The van der Waals surface area contributed by atoms with Gasteiger partial charge in [-0.2, -0.15) is 0 Å². The van der Waals surface area contributed by atoms with Crippen LogP contribution in [0, 0.1) is 0 Å². The molecule has 1 aliphatic rings. The third-order valence-corrected chi connectivity index (χ3v) is 3.46. The van der Waals surface area contributed by atoms with Crippen molar-refractivity contribution in [3.8, 4) is 17.2 Å². The predicted octanol–water partition coefficient (Wildman–Crippen LogP) is 3.18. The van der Waals surface area contributed by atoms with Crippen LogP contribution in [-0.4, -0.2) is 21.6 Å². The highest BCUT2D eigenvalue weighted by molar-refractivity contribution is 6.00. The summed E-state index contributed by atoms with van der Waals surface area (Å²) in [7, 11) is 0. The molecule has 2 rings (SSSR count). The summed E-state index contributed by atoms with van der Waals surface area (Å²) in [5.41, 5.74) is 0.613. The zero-order valence-electron chi connectivity index (χ0n) is 11.6. The molecule has 0 aliphatic carbocycles. The molecular weight excluding hydrogens is 244 g/mol. The highest BCUT2D eigenvalue weighted by Crippen LogP contribution is 2.46. The Morgan fingerprint density at radius 2 is 2.05 bits per heavy atom. The zero-order chi connectivity index (χ0) is 14.2. The fraction of sp³-hybridized carbons (Fsp3) is 0.533. The van der Waals surface area contributed by atoms with Gasteiger partial charge in [-0.05, 0) is 44.7 Å². The van der Waals surface area contributed by atoms with Gasteiger partial charge in [0.05, 0.1) is 5.56 Å². The van der Waals surface area contributed by atoms with Crippen LogP contribution in [-0.2, 0) is 6.42 Å². The van der Waals surface area contributed by atoms with Crippen molar-refractivity contribution in [2.45, 2.75) is 52.1 Å². The third-order valence-electron chi connectivity index (χ3n) is 3.46. The first kappa shape index (κ1) is 13.7. The van der Waals surface area contributed by atoms with Gasteiger partial charge in [0.1, 0.15) is 5.60 Å². The van der Waals surface area contributed by atoms with Crippen LogP contribution < -0.4 is 4.74 Å². The lowest BCUT2D eigenvalue weighted by Gasteiger charge is -2.33. The molecule has 0 aromatic heterocycles. The van der Waals surface area contributed by atoms with E-state index < -0.39 is 0 Å². The molecule has 2 N–H and O–H groups in total. The van der Waals surface area contributed by atoms with Crippen LogP contribution in [0.5, 0.6) is 17.2 Å². The second kappa shape index (κ2) is 4.76. The van der Waals surface area contributed by atoms with Crippen molar-refractivity contribution in [2.24, 2.45) is 0 Å². The molecule has 19 heavy (non-hydrogen) atoms. The number of phenols is 2. The molecule has 4 heteroatoms. The summed E-state index contributed by atoms with van der Waals surface area (Å²) in [6.07, 6.45) is 2.60. The topological polar surface area (TPSA) is 66.8 Å². The second-order valence-corrected chi connectivity index (χ2v) is 5.64. The van der Waals surface area contributed by atoms with Gasteiger partial charge >= 0.3 is 0 Å². The van der Waals surface area contributed by atoms with Crippen molar-refractivity contribution >= 4 is 5.78 Å². The minimum Gasteiger partial charge on any atom is -0.504 e. The lowest BCUT2D eigenvalue weighted by molar-refractivity contribution is 0.0797. The number of benzene rings is 1. The summed E-state index contributed by atoms with van der Waals surface area (Å²) in [5, 5.41) is 20.0. The van der Waals surface area contributed by atoms with Crippen LogP contribution in [0.4, 0.5) is 0 Å². The number of aryl methyl sites for hydroxylation is 1. The molecule has 0 spiro atoms. The highest BCUT2D eigenvalue weighted by Gasteiger charge is 2.31. The van der Waals surface area contributed by atoms with Crippen molar-refractivity contribution in [1.29, 1.82) is 0 Å². The van der Waals surface area contributed by atoms with Gasteiger partial charge in [-0.15, -0.1) is 0 Å². The number of phenolic OH excluding ortho intramolecular Hbond substituents is 2. The van der Waals surface area contributed by atoms with Crippen LogP contribution in [0.3, 0.4) is 0 Å². The smallest absolute Gasteiger partial charge is 0.201 e. The number of Topliss-reactive ketones (excluding diaryl/α,β-unsaturated/α-hetero) is 1. The van der Waals surface area contributed by atoms with E-state index in [1.165, 1.54) is 0 Å². The maximum atomic E-state index is 11.9. The van der Waals surface area contributed by atoms with Gasteiger partial charge in [0.15, 0.2) is 17.3 Å². The maximum absolute atomic E-state index is 11.9. The van der Waals surface area contributed by atoms with Gasteiger partial charge in [-0.3, -0.25) is 4.79 Å². The predicted molar refractivity (Wildman–Crippen MR) is 72.0 cm³/mol. The van der Waals surface area contributed by atoms with Crippen LogP contribution in [0.15, 0.2) is 6.07 Å². The first-order valence-corrected chi connectivity index (χ1v) is 6.65. The molecule has 0 bridgehead atoms. The van der Waals surface area contributed by atoms with Crippen molar-refractivity contribution in [3.63, 3.8) is 0 Å². The summed E-state index contributed by atoms with van der Waals surface area (Å²) in [6.45, 7) is 5.77. The molecule has 1 aliphatic heterocycles. The summed E-state index contributed by atoms with van der Waals surface area (Å²) >= 11 is 0. The molecule has 4 nitrogen and oxygen atoms in total. The first-order chi connectivity index (χ1) is 8.85. The normalized spacial score (nSPS) is 16.6. The molecule has 1 aromatic rings. The van der Waals surface area contributed by atoms with Gasteiger partial charge in [-0.1, -0.05) is 6.92 Å². The van der Waals surface area contributed by atoms with E-state index in [0.29, 0.717) is 18.6 Å². The maximum Gasteiger partial charge on any atom is 0.201 e. The Balaban J connectivity index is 2.48. The van der Waals surface area contributed by atoms with Crippen molar-refractivity contribution < 1.29 is 19.7 Å². The number of hydrogen-bond donors (Lipinski definition) is 2. The van der Waals surface area contributed by atoms with Gasteiger partial charge in [0, 0.05) is 6.42 Å². The molecule has 0 fully saturated rings. The van der Waals surface area contributed by atoms with E-state index in [-0.39, 0.29) is 28.4 Å². The van der Waals surface area contributed by atoms with E-state index in [0.717, 1.165) is 18.4 Å². The first-order valence-electron chi connectivity index (χ1n) is 6.65. The Hall–Kier alpha value is -1.71. The standard InChI is InChI=1S/C15H20O4/c1-4-5-11(16)10-8-9-6-7-15(2,3)19-14(9)13(18)12(10)17/h8,17-18H,4-7H2,1-3H3. The molecule has 0 radical (unpaired) electrons. The Bertz CT molecular complexity index is 517. The van der Waals surface area contributed by atoms with Crippen LogP contribution >= 0.6 is 0 Å².